The van der Waals surface area contributed by atoms with E-state index in [0.29, 0.717) is 0 Å². The highest BCUT2D eigenvalue weighted by molar-refractivity contribution is 5.22. The van der Waals surface area contributed by atoms with Crippen LogP contribution in [0.2, 0.25) is 0 Å². The van der Waals surface area contributed by atoms with E-state index in [4.69, 9.17) is 0 Å². The summed E-state index contributed by atoms with van der Waals surface area (Å²) in [6.07, 6.45) is 7.88. The highest BCUT2D eigenvalue weighted by Gasteiger charge is 1.99. The average molecular weight is 212 g/mol. The third-order valence-electron chi connectivity index (χ3n) is 1.43. The normalized spacial score (nSPS) is 11.4. The van der Waals surface area contributed by atoms with E-state index in [1.807, 2.05) is 65.8 Å². The summed E-state index contributed by atoms with van der Waals surface area (Å²) in [6, 6.07) is 0. The Morgan fingerprint density at radius 3 is 2.00 bits per heavy atom. The molecule has 0 heterocycles. The lowest BCUT2D eigenvalue weighted by molar-refractivity contribution is 0.211. The zero-order chi connectivity index (χ0) is 12.7. The standard InChI is InChI=1S/C10H16O.2C2H6/c1-4-6-7-8-9(3)10(11)5-2;2*1-2/h4,6-8,10-11H,3,5H2,1-2H3;2*1-2H3/b6-4-,8-7-;;. The van der Waals surface area contributed by atoms with Crippen LogP contribution in [0.1, 0.15) is 48.0 Å². The maximum atomic E-state index is 9.25. The van der Waals surface area contributed by atoms with E-state index in [1.54, 1.807) is 0 Å². The molecule has 1 heteroatoms. The maximum absolute atomic E-state index is 9.25. The molecule has 0 aliphatic heterocycles. The lowest BCUT2D eigenvalue weighted by Gasteiger charge is -2.05. The Labute approximate surface area is 96.2 Å². The summed E-state index contributed by atoms with van der Waals surface area (Å²) in [6.45, 7) is 15.6. The molecular weight excluding hydrogens is 184 g/mol. The summed E-state index contributed by atoms with van der Waals surface area (Å²) >= 11 is 0. The third kappa shape index (κ3) is 15.9. The lowest BCUT2D eigenvalue weighted by Crippen LogP contribution is -2.04. The SMILES string of the molecule is C=C(/C=C\C=C/C)C(O)CC.CC.CC. The summed E-state index contributed by atoms with van der Waals surface area (Å²) in [5, 5.41) is 9.25. The number of rotatable bonds is 4. The molecule has 0 bridgehead atoms. The van der Waals surface area contributed by atoms with Crippen molar-refractivity contribution in [1.29, 1.82) is 0 Å². The number of hydrogen-bond donors (Lipinski definition) is 1. The summed E-state index contributed by atoms with van der Waals surface area (Å²) in [5.41, 5.74) is 0.769. The zero-order valence-electron chi connectivity index (χ0n) is 11.2. The topological polar surface area (TPSA) is 20.2 Å². The Bertz CT molecular complexity index is 166. The second-order valence-corrected chi connectivity index (χ2v) is 2.38. The molecule has 0 radical (unpaired) electrons. The first-order chi connectivity index (χ1) is 7.22. The Kier molecular flexibility index (Phi) is 24.8. The summed E-state index contributed by atoms with van der Waals surface area (Å²) < 4.78 is 0. The van der Waals surface area contributed by atoms with Crippen molar-refractivity contribution in [2.24, 2.45) is 0 Å². The van der Waals surface area contributed by atoms with Crippen LogP contribution in [-0.4, -0.2) is 11.2 Å². The van der Waals surface area contributed by atoms with Crippen LogP contribution < -0.4 is 0 Å². The molecule has 1 N–H and O–H groups in total. The number of hydrogen-bond acceptors (Lipinski definition) is 1. The molecule has 0 saturated heterocycles. The molecule has 0 aromatic heterocycles. The van der Waals surface area contributed by atoms with Crippen molar-refractivity contribution in [1.82, 2.24) is 0 Å². The van der Waals surface area contributed by atoms with Crippen LogP contribution in [0.25, 0.3) is 0 Å². The van der Waals surface area contributed by atoms with Gasteiger partial charge in [-0.15, -0.1) is 0 Å². The first kappa shape index (κ1) is 19.7. The molecule has 1 atom stereocenters. The number of allylic oxidation sites excluding steroid dienone is 3. The molecule has 0 amide bonds. The monoisotopic (exact) mass is 212 g/mol. The van der Waals surface area contributed by atoms with Crippen molar-refractivity contribution < 1.29 is 5.11 Å². The van der Waals surface area contributed by atoms with Crippen molar-refractivity contribution in [3.05, 3.63) is 36.5 Å². The van der Waals surface area contributed by atoms with Gasteiger partial charge in [-0.25, -0.2) is 0 Å². The third-order valence-corrected chi connectivity index (χ3v) is 1.43. The zero-order valence-corrected chi connectivity index (χ0v) is 11.2. The van der Waals surface area contributed by atoms with Gasteiger partial charge in [0.25, 0.3) is 0 Å². The van der Waals surface area contributed by atoms with Gasteiger partial charge >= 0.3 is 0 Å². The Balaban J connectivity index is -0.000000318. The van der Waals surface area contributed by atoms with Gasteiger partial charge in [-0.2, -0.15) is 0 Å². The minimum absolute atomic E-state index is 0.392. The first-order valence-electron chi connectivity index (χ1n) is 5.88. The Morgan fingerprint density at radius 2 is 1.67 bits per heavy atom. The minimum atomic E-state index is -0.392. The van der Waals surface area contributed by atoms with E-state index in [9.17, 15) is 5.11 Å². The molecule has 15 heavy (non-hydrogen) atoms. The minimum Gasteiger partial charge on any atom is -0.388 e. The van der Waals surface area contributed by atoms with Gasteiger partial charge in [-0.05, 0) is 18.9 Å². The first-order valence-corrected chi connectivity index (χ1v) is 5.88. The van der Waals surface area contributed by atoms with E-state index in [1.165, 1.54) is 0 Å². The van der Waals surface area contributed by atoms with Crippen molar-refractivity contribution in [2.75, 3.05) is 0 Å². The molecule has 0 aliphatic carbocycles. The molecule has 0 rings (SSSR count). The van der Waals surface area contributed by atoms with E-state index in [2.05, 4.69) is 6.58 Å². The molecule has 0 aliphatic rings. The van der Waals surface area contributed by atoms with Gasteiger partial charge in [0, 0.05) is 0 Å². The van der Waals surface area contributed by atoms with Crippen LogP contribution >= 0.6 is 0 Å². The van der Waals surface area contributed by atoms with Gasteiger partial charge in [0.2, 0.25) is 0 Å². The van der Waals surface area contributed by atoms with Crippen LogP contribution in [0.4, 0.5) is 0 Å². The molecule has 0 spiro atoms. The Morgan fingerprint density at radius 1 is 1.20 bits per heavy atom. The van der Waals surface area contributed by atoms with Crippen LogP contribution in [-0.2, 0) is 0 Å². The molecule has 1 nitrogen and oxygen atoms in total. The summed E-state index contributed by atoms with van der Waals surface area (Å²) in [7, 11) is 0. The van der Waals surface area contributed by atoms with Gasteiger partial charge in [0.05, 0.1) is 6.10 Å². The fraction of sp³-hybridized carbons (Fsp3) is 0.571. The molecule has 0 saturated carbocycles. The van der Waals surface area contributed by atoms with Gasteiger partial charge < -0.3 is 5.11 Å². The molecular formula is C14H28O. The fourth-order valence-electron chi connectivity index (χ4n) is 0.664. The van der Waals surface area contributed by atoms with Gasteiger partial charge in [0.1, 0.15) is 0 Å². The largest absolute Gasteiger partial charge is 0.388 e. The summed E-state index contributed by atoms with van der Waals surface area (Å²) in [4.78, 5) is 0. The lowest BCUT2D eigenvalue weighted by atomic mass is 10.1. The molecule has 0 fully saturated rings. The van der Waals surface area contributed by atoms with E-state index in [0.717, 1.165) is 12.0 Å². The van der Waals surface area contributed by atoms with E-state index < -0.39 is 6.10 Å². The molecule has 0 aromatic rings. The van der Waals surface area contributed by atoms with Crippen molar-refractivity contribution in [3.8, 4) is 0 Å². The van der Waals surface area contributed by atoms with Crippen LogP contribution in [0, 0.1) is 0 Å². The van der Waals surface area contributed by atoms with Crippen LogP contribution in [0.5, 0.6) is 0 Å². The predicted octanol–water partition coefficient (Wildman–Crippen LogP) is 4.50. The van der Waals surface area contributed by atoms with Gasteiger partial charge in [0.15, 0.2) is 0 Å². The molecule has 90 valence electrons. The number of aliphatic hydroxyl groups excluding tert-OH is 1. The van der Waals surface area contributed by atoms with Crippen molar-refractivity contribution in [3.63, 3.8) is 0 Å². The smallest absolute Gasteiger partial charge is 0.0781 e. The van der Waals surface area contributed by atoms with Gasteiger partial charge in [-0.3, -0.25) is 0 Å². The molecule has 1 unspecified atom stereocenters. The van der Waals surface area contributed by atoms with Crippen LogP contribution in [0.3, 0.4) is 0 Å². The van der Waals surface area contributed by atoms with Crippen molar-refractivity contribution in [2.45, 2.75) is 54.1 Å². The van der Waals surface area contributed by atoms with Gasteiger partial charge in [-0.1, -0.05) is 65.5 Å². The highest BCUT2D eigenvalue weighted by atomic mass is 16.3. The fourth-order valence-corrected chi connectivity index (χ4v) is 0.664. The molecule has 0 aromatic carbocycles. The van der Waals surface area contributed by atoms with E-state index in [-0.39, 0.29) is 0 Å². The van der Waals surface area contributed by atoms with E-state index >= 15 is 0 Å². The second kappa shape index (κ2) is 18.9. The van der Waals surface area contributed by atoms with Crippen molar-refractivity contribution >= 4 is 0 Å². The predicted molar refractivity (Wildman–Crippen MR) is 72.1 cm³/mol. The summed E-state index contributed by atoms with van der Waals surface area (Å²) in [5.74, 6) is 0. The Hall–Kier alpha value is -0.820. The highest BCUT2D eigenvalue weighted by Crippen LogP contribution is 2.04. The van der Waals surface area contributed by atoms with Crippen LogP contribution in [0.15, 0.2) is 36.5 Å². The maximum Gasteiger partial charge on any atom is 0.0781 e. The second-order valence-electron chi connectivity index (χ2n) is 2.38. The quantitative estimate of drug-likeness (QED) is 0.680. The average Bonchev–Trinajstić information content (AvgIpc) is 2.33. The number of aliphatic hydroxyl groups is 1.